The minimum absolute atomic E-state index is 0.000661. The summed E-state index contributed by atoms with van der Waals surface area (Å²) in [7, 11) is 0. The van der Waals surface area contributed by atoms with E-state index in [-0.39, 0.29) is 18.2 Å². The highest BCUT2D eigenvalue weighted by molar-refractivity contribution is 8.15. The Balaban J connectivity index is 1.29. The van der Waals surface area contributed by atoms with Crippen molar-refractivity contribution in [2.24, 2.45) is 10.2 Å². The summed E-state index contributed by atoms with van der Waals surface area (Å²) in [4.78, 5) is 27.6. The molecule has 2 amide bonds. The molecule has 0 aliphatic carbocycles. The summed E-state index contributed by atoms with van der Waals surface area (Å²) >= 11 is 13.1. The zero-order chi connectivity index (χ0) is 27.9. The average Bonchev–Trinajstić information content (AvgIpc) is 3.54. The number of carbonyl (C=O) groups excluding carboxylic acids is 2. The first kappa shape index (κ1) is 27.7. The summed E-state index contributed by atoms with van der Waals surface area (Å²) in [6.45, 7) is 0.418. The van der Waals surface area contributed by atoms with Crippen LogP contribution in [-0.2, 0) is 16.0 Å². The summed E-state index contributed by atoms with van der Waals surface area (Å²) < 4.78 is 5.86. The first-order valence-electron chi connectivity index (χ1n) is 12.5. The highest BCUT2D eigenvalue weighted by Gasteiger charge is 2.39. The first-order chi connectivity index (χ1) is 19.4. The van der Waals surface area contributed by atoms with E-state index in [2.05, 4.69) is 15.5 Å². The minimum atomic E-state index is -0.614. The molecule has 4 aromatic rings. The molecule has 1 aliphatic rings. The molecule has 0 radical (unpaired) electrons. The zero-order valence-electron chi connectivity index (χ0n) is 21.2. The number of benzene rings is 3. The van der Waals surface area contributed by atoms with Gasteiger partial charge in [0, 0.05) is 34.3 Å². The molecule has 0 saturated carbocycles. The smallest absolute Gasteiger partial charge is 0.242 e. The Kier molecular flexibility index (Phi) is 9.01. The van der Waals surface area contributed by atoms with Crippen molar-refractivity contribution >= 4 is 63.8 Å². The Hall–Kier alpha value is -3.85. The van der Waals surface area contributed by atoms with Crippen LogP contribution in [0.3, 0.4) is 0 Å². The molecule has 1 unspecified atom stereocenters. The van der Waals surface area contributed by atoms with Crippen LogP contribution in [0.25, 0.3) is 11.3 Å². The number of furan rings is 1. The molecule has 202 valence electrons. The lowest BCUT2D eigenvalue weighted by Gasteiger charge is -2.15. The number of rotatable bonds is 9. The van der Waals surface area contributed by atoms with Crippen LogP contribution < -0.4 is 5.32 Å². The second-order valence-corrected chi connectivity index (χ2v) is 11.0. The van der Waals surface area contributed by atoms with Crippen LogP contribution in [0.5, 0.6) is 0 Å². The van der Waals surface area contributed by atoms with Gasteiger partial charge in [0.05, 0.1) is 6.21 Å². The predicted molar refractivity (Wildman–Crippen MR) is 162 cm³/mol. The van der Waals surface area contributed by atoms with E-state index in [0.717, 1.165) is 11.1 Å². The van der Waals surface area contributed by atoms with Crippen LogP contribution in [-0.4, -0.2) is 39.9 Å². The van der Waals surface area contributed by atoms with E-state index in [1.807, 2.05) is 48.5 Å². The van der Waals surface area contributed by atoms with Crippen molar-refractivity contribution in [1.82, 2.24) is 4.90 Å². The molecular formula is C30H24Cl2N4O3S. The maximum atomic E-state index is 13.3. The number of nitrogens with zero attached hydrogens (tertiary/aromatic N) is 3. The van der Waals surface area contributed by atoms with Gasteiger partial charge in [0.1, 0.15) is 16.8 Å². The highest BCUT2D eigenvalue weighted by Crippen LogP contribution is 2.30. The van der Waals surface area contributed by atoms with Crippen molar-refractivity contribution in [1.29, 1.82) is 0 Å². The maximum Gasteiger partial charge on any atom is 0.242 e. The van der Waals surface area contributed by atoms with E-state index >= 15 is 0 Å². The van der Waals surface area contributed by atoms with Crippen LogP contribution in [0.2, 0.25) is 10.0 Å². The Bertz CT molecular complexity index is 1540. The Morgan fingerprint density at radius 3 is 2.38 bits per heavy atom. The standard InChI is InChI=1S/C30H24Cl2N4O3S/c31-22-8-6-21(7-9-22)26-15-14-25(39-26)19-33-35-30-36(17-16-20-4-2-1-3-5-20)29(38)27(40-30)18-28(37)34-24-12-10-23(32)11-13-24/h1-15,19,27H,16-18H2,(H,34,37)/b33-19+,35-30-. The van der Waals surface area contributed by atoms with Gasteiger partial charge in [-0.05, 0) is 72.6 Å². The zero-order valence-corrected chi connectivity index (χ0v) is 23.5. The molecule has 5 rings (SSSR count). The number of amidine groups is 1. The Morgan fingerprint density at radius 2 is 1.65 bits per heavy atom. The van der Waals surface area contributed by atoms with Crippen molar-refractivity contribution in [3.8, 4) is 11.3 Å². The van der Waals surface area contributed by atoms with Gasteiger partial charge in [0.15, 0.2) is 5.17 Å². The maximum absolute atomic E-state index is 13.3. The average molecular weight is 592 g/mol. The second-order valence-electron chi connectivity index (χ2n) is 8.93. The van der Waals surface area contributed by atoms with Crippen molar-refractivity contribution in [3.63, 3.8) is 0 Å². The van der Waals surface area contributed by atoms with E-state index in [1.54, 1.807) is 47.4 Å². The van der Waals surface area contributed by atoms with E-state index in [1.165, 1.54) is 18.0 Å². The molecular weight excluding hydrogens is 567 g/mol. The van der Waals surface area contributed by atoms with E-state index in [0.29, 0.717) is 45.4 Å². The SMILES string of the molecule is O=C(CC1S/C(=N\N=C\c2ccc(-c3ccc(Cl)cc3)o2)N(CCc2ccccc2)C1=O)Nc1ccc(Cl)cc1. The number of anilines is 1. The quantitative estimate of drug-likeness (QED) is 0.165. The topological polar surface area (TPSA) is 87.3 Å². The summed E-state index contributed by atoms with van der Waals surface area (Å²) in [6, 6.07) is 27.7. The molecule has 1 N–H and O–H groups in total. The van der Waals surface area contributed by atoms with Crippen LogP contribution in [0.1, 0.15) is 17.7 Å². The van der Waals surface area contributed by atoms with E-state index < -0.39 is 5.25 Å². The first-order valence-corrected chi connectivity index (χ1v) is 14.1. The Morgan fingerprint density at radius 1 is 0.950 bits per heavy atom. The number of carbonyl (C=O) groups is 2. The molecule has 7 nitrogen and oxygen atoms in total. The molecule has 40 heavy (non-hydrogen) atoms. The summed E-state index contributed by atoms with van der Waals surface area (Å²) in [5.41, 5.74) is 2.59. The van der Waals surface area contributed by atoms with Gasteiger partial charge < -0.3 is 9.73 Å². The van der Waals surface area contributed by atoms with Crippen molar-refractivity contribution in [2.75, 3.05) is 11.9 Å². The summed E-state index contributed by atoms with van der Waals surface area (Å²) in [6.07, 6.45) is 2.13. The number of thioether (sulfide) groups is 1. The van der Waals surface area contributed by atoms with Crippen LogP contribution >= 0.6 is 35.0 Å². The lowest BCUT2D eigenvalue weighted by atomic mass is 10.1. The Labute approximate surface area is 245 Å². The van der Waals surface area contributed by atoms with E-state index in [4.69, 9.17) is 27.6 Å². The van der Waals surface area contributed by atoms with Crippen molar-refractivity contribution < 1.29 is 14.0 Å². The fraction of sp³-hybridized carbons (Fsp3) is 0.133. The van der Waals surface area contributed by atoms with Crippen molar-refractivity contribution in [2.45, 2.75) is 18.1 Å². The predicted octanol–water partition coefficient (Wildman–Crippen LogP) is 7.16. The lowest BCUT2D eigenvalue weighted by Crippen LogP contribution is -2.35. The van der Waals surface area contributed by atoms with Gasteiger partial charge in [-0.25, -0.2) is 0 Å². The molecule has 1 aliphatic heterocycles. The van der Waals surface area contributed by atoms with Gasteiger partial charge in [-0.3, -0.25) is 14.5 Å². The van der Waals surface area contributed by atoms with Crippen LogP contribution in [0.15, 0.2) is 106 Å². The fourth-order valence-electron chi connectivity index (χ4n) is 4.05. The molecule has 1 saturated heterocycles. The van der Waals surface area contributed by atoms with Gasteiger partial charge in [-0.15, -0.1) is 5.10 Å². The minimum Gasteiger partial charge on any atom is -0.455 e. The molecule has 1 aromatic heterocycles. The largest absolute Gasteiger partial charge is 0.455 e. The number of hydrogen-bond donors (Lipinski definition) is 1. The molecule has 1 atom stereocenters. The van der Waals surface area contributed by atoms with Gasteiger partial charge in [0.25, 0.3) is 0 Å². The van der Waals surface area contributed by atoms with Crippen LogP contribution in [0.4, 0.5) is 5.69 Å². The molecule has 1 fully saturated rings. The molecule has 2 heterocycles. The number of hydrogen-bond acceptors (Lipinski definition) is 6. The third kappa shape index (κ3) is 7.21. The number of amides is 2. The molecule has 0 spiro atoms. The summed E-state index contributed by atoms with van der Waals surface area (Å²) in [5.74, 6) is 0.737. The van der Waals surface area contributed by atoms with Crippen LogP contribution in [0, 0.1) is 0 Å². The van der Waals surface area contributed by atoms with Crippen molar-refractivity contribution in [3.05, 3.63) is 112 Å². The van der Waals surface area contributed by atoms with Gasteiger partial charge in [-0.1, -0.05) is 65.3 Å². The third-order valence-corrected chi connectivity index (χ3v) is 7.74. The highest BCUT2D eigenvalue weighted by atomic mass is 35.5. The molecule has 3 aromatic carbocycles. The number of halogens is 2. The monoisotopic (exact) mass is 590 g/mol. The second kappa shape index (κ2) is 13.0. The lowest BCUT2D eigenvalue weighted by molar-refractivity contribution is -0.128. The number of nitrogens with one attached hydrogen (secondary N) is 1. The van der Waals surface area contributed by atoms with Gasteiger partial charge >= 0.3 is 0 Å². The molecule has 10 heteroatoms. The van der Waals surface area contributed by atoms with Gasteiger partial charge in [-0.2, -0.15) is 5.10 Å². The van der Waals surface area contributed by atoms with Gasteiger partial charge in [0.2, 0.25) is 11.8 Å². The van der Waals surface area contributed by atoms with E-state index in [9.17, 15) is 9.59 Å². The third-order valence-electron chi connectivity index (χ3n) is 6.07. The fourth-order valence-corrected chi connectivity index (χ4v) is 5.42. The summed E-state index contributed by atoms with van der Waals surface area (Å²) in [5, 5.41) is 12.4. The molecule has 0 bridgehead atoms. The normalized spacial score (nSPS) is 16.2.